The highest BCUT2D eigenvalue weighted by molar-refractivity contribution is 8.02. The van der Waals surface area contributed by atoms with Gasteiger partial charge in [-0.05, 0) is 31.4 Å². The van der Waals surface area contributed by atoms with Crippen LogP contribution in [0.4, 0.5) is 0 Å². The van der Waals surface area contributed by atoms with Crippen LogP contribution in [0.2, 0.25) is 13.1 Å². The number of aliphatic hydroxyl groups excluding tert-OH is 1. The smallest absolute Gasteiger partial charge is 0.0981 e. The van der Waals surface area contributed by atoms with E-state index in [-0.39, 0.29) is 10.5 Å². The van der Waals surface area contributed by atoms with Crippen LogP contribution >= 0.6 is 11.8 Å². The largest absolute Gasteiger partial charge is 0.393 e. The summed E-state index contributed by atoms with van der Waals surface area (Å²) in [7, 11) is -1.72. The van der Waals surface area contributed by atoms with Gasteiger partial charge in [0.15, 0.2) is 0 Å². The van der Waals surface area contributed by atoms with Gasteiger partial charge >= 0.3 is 0 Å². The topological polar surface area (TPSA) is 20.2 Å². The van der Waals surface area contributed by atoms with Gasteiger partial charge in [-0.1, -0.05) is 66.8 Å². The number of rotatable bonds is 4. The third kappa shape index (κ3) is 2.90. The normalized spacial score (nSPS) is 25.3. The van der Waals surface area contributed by atoms with Crippen LogP contribution < -0.4 is 5.19 Å². The first-order valence-electron chi connectivity index (χ1n) is 8.01. The number of hydrogen-bond donors (Lipinski definition) is 1. The van der Waals surface area contributed by atoms with Crippen molar-refractivity contribution < 1.29 is 5.11 Å². The van der Waals surface area contributed by atoms with E-state index >= 15 is 0 Å². The molecular weight excluding hydrogens is 304 g/mol. The molecule has 0 heterocycles. The van der Waals surface area contributed by atoms with Crippen LogP contribution in [0.5, 0.6) is 0 Å². The fourth-order valence-corrected chi connectivity index (χ4v) is 9.64. The van der Waals surface area contributed by atoms with E-state index in [9.17, 15) is 5.11 Å². The predicted molar refractivity (Wildman–Crippen MR) is 98.4 cm³/mol. The molecule has 0 unspecified atom stereocenters. The van der Waals surface area contributed by atoms with E-state index in [1.807, 2.05) is 11.8 Å². The van der Waals surface area contributed by atoms with Gasteiger partial charge in [0.2, 0.25) is 0 Å². The lowest BCUT2D eigenvalue weighted by molar-refractivity contribution is 0.182. The molecule has 0 aromatic heterocycles. The highest BCUT2D eigenvalue weighted by Crippen LogP contribution is 2.50. The average molecular weight is 329 g/mol. The van der Waals surface area contributed by atoms with E-state index in [4.69, 9.17) is 0 Å². The minimum atomic E-state index is -1.72. The van der Waals surface area contributed by atoms with Gasteiger partial charge in [-0.2, -0.15) is 0 Å². The Balaban J connectivity index is 1.99. The third-order valence-electron chi connectivity index (χ3n) is 5.14. The van der Waals surface area contributed by atoms with E-state index in [2.05, 4.69) is 73.8 Å². The van der Waals surface area contributed by atoms with Gasteiger partial charge in [0.05, 0.1) is 14.2 Å². The molecule has 2 aromatic rings. The van der Waals surface area contributed by atoms with Crippen LogP contribution in [0.3, 0.4) is 0 Å². The summed E-state index contributed by atoms with van der Waals surface area (Å²) in [6.45, 7) is 4.94. The summed E-state index contributed by atoms with van der Waals surface area (Å²) in [5.41, 5.74) is 0. The van der Waals surface area contributed by atoms with Gasteiger partial charge in [0, 0.05) is 9.27 Å². The highest BCUT2D eigenvalue weighted by atomic mass is 32.2. The van der Waals surface area contributed by atoms with Crippen molar-refractivity contribution in [2.45, 2.75) is 47.7 Å². The molecule has 0 bridgehead atoms. The van der Waals surface area contributed by atoms with Crippen molar-refractivity contribution in [2.24, 2.45) is 0 Å². The molecule has 0 radical (unpaired) electrons. The first kappa shape index (κ1) is 15.8. The Kier molecular flexibility index (Phi) is 4.48. The molecule has 1 N–H and O–H groups in total. The first-order chi connectivity index (χ1) is 10.5. The van der Waals surface area contributed by atoms with Crippen molar-refractivity contribution >= 4 is 25.0 Å². The van der Waals surface area contributed by atoms with E-state index in [0.717, 1.165) is 19.3 Å². The van der Waals surface area contributed by atoms with Crippen molar-refractivity contribution in [2.75, 3.05) is 0 Å². The van der Waals surface area contributed by atoms with Crippen molar-refractivity contribution in [3.05, 3.63) is 60.7 Å². The van der Waals surface area contributed by atoms with E-state index in [0.29, 0.717) is 0 Å². The minimum absolute atomic E-state index is 0.147. The Hall–Kier alpha value is -1.03. The van der Waals surface area contributed by atoms with Gasteiger partial charge in [-0.25, -0.2) is 0 Å². The van der Waals surface area contributed by atoms with Crippen LogP contribution in [0.25, 0.3) is 0 Å². The molecule has 0 saturated heterocycles. The van der Waals surface area contributed by atoms with Gasteiger partial charge < -0.3 is 5.11 Å². The molecule has 1 aliphatic rings. The number of aliphatic hydroxyl groups is 1. The molecule has 116 valence electrons. The van der Waals surface area contributed by atoms with Gasteiger partial charge in [0.1, 0.15) is 0 Å². The molecule has 1 nitrogen and oxygen atoms in total. The van der Waals surface area contributed by atoms with Crippen molar-refractivity contribution in [1.82, 2.24) is 0 Å². The second-order valence-electron chi connectivity index (χ2n) is 6.80. The fraction of sp³-hybridized carbons (Fsp3) is 0.368. The van der Waals surface area contributed by atoms with Gasteiger partial charge in [-0.3, -0.25) is 0 Å². The first-order valence-corrected chi connectivity index (χ1v) is 11.8. The summed E-state index contributed by atoms with van der Waals surface area (Å²) < 4.78 is 0.176. The lowest BCUT2D eigenvalue weighted by Crippen LogP contribution is -2.59. The SMILES string of the molecule is C[Si](C)(c1ccccc1)[C@]1(Sc2ccccc2)CC[C@@H](O)C1. The molecule has 2 aromatic carbocycles. The monoisotopic (exact) mass is 328 g/mol. The molecule has 22 heavy (non-hydrogen) atoms. The molecule has 1 fully saturated rings. The molecule has 2 atom stereocenters. The Morgan fingerprint density at radius 2 is 1.59 bits per heavy atom. The number of thioether (sulfide) groups is 1. The Morgan fingerprint density at radius 1 is 1.00 bits per heavy atom. The van der Waals surface area contributed by atoms with Gasteiger partial charge in [0.25, 0.3) is 0 Å². The molecule has 1 saturated carbocycles. The number of benzene rings is 2. The molecule has 0 aliphatic heterocycles. The zero-order valence-electron chi connectivity index (χ0n) is 13.3. The van der Waals surface area contributed by atoms with Crippen molar-refractivity contribution in [1.29, 1.82) is 0 Å². The fourth-order valence-electron chi connectivity index (χ4n) is 3.60. The molecule has 3 heteroatoms. The Labute approximate surface area is 138 Å². The maximum atomic E-state index is 10.3. The highest BCUT2D eigenvalue weighted by Gasteiger charge is 2.52. The lowest BCUT2D eigenvalue weighted by Gasteiger charge is -2.43. The standard InChI is InChI=1S/C19H24OSSi/c1-22(2,18-11-7-4-8-12-18)19(14-13-16(20)15-19)21-17-9-5-3-6-10-17/h3-12,16,20H,13-15H2,1-2H3/t16-,19-/m1/s1. The summed E-state index contributed by atoms with van der Waals surface area (Å²) in [5, 5.41) is 11.8. The Bertz CT molecular complexity index is 614. The van der Waals surface area contributed by atoms with Crippen LogP contribution in [0.1, 0.15) is 19.3 Å². The summed E-state index contributed by atoms with van der Waals surface area (Å²) in [5.74, 6) is 0. The van der Waals surface area contributed by atoms with Crippen LogP contribution in [0.15, 0.2) is 65.6 Å². The van der Waals surface area contributed by atoms with Gasteiger partial charge in [-0.15, -0.1) is 11.8 Å². The van der Waals surface area contributed by atoms with Crippen molar-refractivity contribution in [3.8, 4) is 0 Å². The molecule has 0 spiro atoms. The summed E-state index contributed by atoms with van der Waals surface area (Å²) in [6, 6.07) is 21.6. The maximum Gasteiger partial charge on any atom is 0.0981 e. The Morgan fingerprint density at radius 3 is 2.14 bits per heavy atom. The second-order valence-corrected chi connectivity index (χ2v) is 13.4. The van der Waals surface area contributed by atoms with Crippen LogP contribution in [-0.4, -0.2) is 23.7 Å². The molecule has 1 aliphatic carbocycles. The van der Waals surface area contributed by atoms with E-state index in [1.165, 1.54) is 10.1 Å². The maximum absolute atomic E-state index is 10.3. The second kappa shape index (κ2) is 6.23. The number of hydrogen-bond acceptors (Lipinski definition) is 2. The minimum Gasteiger partial charge on any atom is -0.393 e. The molecule has 3 rings (SSSR count). The zero-order chi connectivity index (χ0) is 15.6. The quantitative estimate of drug-likeness (QED) is 0.848. The van der Waals surface area contributed by atoms with E-state index < -0.39 is 8.07 Å². The molecular formula is C19H24OSSi. The zero-order valence-corrected chi connectivity index (χ0v) is 15.1. The predicted octanol–water partition coefficient (Wildman–Crippen LogP) is 4.22. The summed E-state index contributed by atoms with van der Waals surface area (Å²) >= 11 is 2.01. The average Bonchev–Trinajstić information content (AvgIpc) is 2.92. The van der Waals surface area contributed by atoms with E-state index in [1.54, 1.807) is 0 Å². The van der Waals surface area contributed by atoms with Crippen molar-refractivity contribution in [3.63, 3.8) is 0 Å². The third-order valence-corrected chi connectivity index (χ3v) is 12.8. The summed E-state index contributed by atoms with van der Waals surface area (Å²) in [4.78, 5) is 1.33. The van der Waals surface area contributed by atoms with Crippen LogP contribution in [0, 0.1) is 0 Å². The van der Waals surface area contributed by atoms with Crippen LogP contribution in [-0.2, 0) is 0 Å². The molecule has 0 amide bonds. The summed E-state index contributed by atoms with van der Waals surface area (Å²) in [6.07, 6.45) is 2.82. The lowest BCUT2D eigenvalue weighted by atomic mass is 10.3.